The van der Waals surface area contributed by atoms with Gasteiger partial charge in [0.1, 0.15) is 0 Å². The molecule has 0 radical (unpaired) electrons. The van der Waals surface area contributed by atoms with E-state index in [1.165, 1.54) is 25.7 Å². The minimum Gasteiger partial charge on any atom is -0.396 e. The predicted octanol–water partition coefficient (Wildman–Crippen LogP) is 1.56. The molecule has 0 aromatic rings. The monoisotopic (exact) mass is 172 g/mol. The number of aliphatic hydroxyl groups excluding tert-OH is 2. The average molecular weight is 172 g/mol. The molecule has 0 saturated heterocycles. The topological polar surface area (TPSA) is 40.5 Å². The quantitative estimate of drug-likeness (QED) is 0.663. The van der Waals surface area contributed by atoms with Gasteiger partial charge in [0.05, 0.1) is 0 Å². The number of aliphatic hydroxyl groups is 2. The van der Waals surface area contributed by atoms with Crippen molar-refractivity contribution in [3.63, 3.8) is 0 Å². The van der Waals surface area contributed by atoms with Crippen LogP contribution in [0.25, 0.3) is 0 Å². The highest BCUT2D eigenvalue weighted by Crippen LogP contribution is 2.26. The van der Waals surface area contributed by atoms with Crippen molar-refractivity contribution >= 4 is 0 Å². The summed E-state index contributed by atoms with van der Waals surface area (Å²) in [6, 6.07) is 0. The number of hydrogen-bond acceptors (Lipinski definition) is 2. The molecule has 12 heavy (non-hydrogen) atoms. The van der Waals surface area contributed by atoms with Gasteiger partial charge >= 0.3 is 0 Å². The molecular formula is C10H20O2. The zero-order valence-electron chi connectivity index (χ0n) is 7.71. The van der Waals surface area contributed by atoms with Gasteiger partial charge in [-0.25, -0.2) is 0 Å². The highest BCUT2D eigenvalue weighted by Gasteiger charge is 2.20. The van der Waals surface area contributed by atoms with Crippen molar-refractivity contribution in [1.82, 2.24) is 0 Å². The summed E-state index contributed by atoms with van der Waals surface area (Å²) in [6.45, 7) is 0.510. The fourth-order valence-corrected chi connectivity index (χ4v) is 2.12. The first-order valence-electron chi connectivity index (χ1n) is 5.10. The molecule has 0 aliphatic heterocycles. The second kappa shape index (κ2) is 5.55. The van der Waals surface area contributed by atoms with Gasteiger partial charge in [0, 0.05) is 13.2 Å². The lowest BCUT2D eigenvalue weighted by Gasteiger charge is -2.25. The van der Waals surface area contributed by atoms with Gasteiger partial charge in [-0.05, 0) is 24.7 Å². The van der Waals surface area contributed by atoms with E-state index in [0.717, 1.165) is 12.8 Å². The van der Waals surface area contributed by atoms with Gasteiger partial charge in [-0.1, -0.05) is 25.7 Å². The molecule has 2 atom stereocenters. The van der Waals surface area contributed by atoms with Crippen LogP contribution in [0, 0.1) is 11.8 Å². The van der Waals surface area contributed by atoms with Crippen LogP contribution in [0.2, 0.25) is 0 Å². The van der Waals surface area contributed by atoms with Gasteiger partial charge in [0.2, 0.25) is 0 Å². The molecule has 1 aliphatic rings. The standard InChI is InChI=1S/C10H20O2/c11-7-9-5-3-1-2-4-6-10(9)8-12/h9-12H,1-8H2/t9-,10+. The van der Waals surface area contributed by atoms with Crippen molar-refractivity contribution in [3.8, 4) is 0 Å². The van der Waals surface area contributed by atoms with Gasteiger partial charge in [-0.15, -0.1) is 0 Å². The summed E-state index contributed by atoms with van der Waals surface area (Å²) >= 11 is 0. The molecule has 1 saturated carbocycles. The molecule has 1 fully saturated rings. The molecule has 0 heterocycles. The maximum Gasteiger partial charge on any atom is 0.0462 e. The van der Waals surface area contributed by atoms with E-state index in [0.29, 0.717) is 11.8 Å². The fourth-order valence-electron chi connectivity index (χ4n) is 2.12. The van der Waals surface area contributed by atoms with Gasteiger partial charge in [-0.2, -0.15) is 0 Å². The Morgan fingerprint density at radius 2 is 1.17 bits per heavy atom. The van der Waals surface area contributed by atoms with Crippen LogP contribution in [-0.4, -0.2) is 23.4 Å². The zero-order chi connectivity index (χ0) is 8.81. The molecule has 2 N–H and O–H groups in total. The largest absolute Gasteiger partial charge is 0.396 e. The van der Waals surface area contributed by atoms with Crippen molar-refractivity contribution in [2.75, 3.05) is 13.2 Å². The van der Waals surface area contributed by atoms with Gasteiger partial charge in [0.25, 0.3) is 0 Å². The lowest BCUT2D eigenvalue weighted by molar-refractivity contribution is 0.0991. The Kier molecular flexibility index (Phi) is 4.62. The first-order valence-corrected chi connectivity index (χ1v) is 5.10. The molecule has 2 heteroatoms. The molecule has 1 aliphatic carbocycles. The van der Waals surface area contributed by atoms with Gasteiger partial charge < -0.3 is 10.2 Å². The van der Waals surface area contributed by atoms with Crippen LogP contribution in [-0.2, 0) is 0 Å². The Morgan fingerprint density at radius 3 is 1.50 bits per heavy atom. The first kappa shape index (κ1) is 10.0. The minimum atomic E-state index is 0.255. The third kappa shape index (κ3) is 2.76. The summed E-state index contributed by atoms with van der Waals surface area (Å²) in [5, 5.41) is 18.2. The summed E-state index contributed by atoms with van der Waals surface area (Å²) in [4.78, 5) is 0. The molecule has 0 unspecified atom stereocenters. The van der Waals surface area contributed by atoms with Crippen LogP contribution in [0.5, 0.6) is 0 Å². The minimum absolute atomic E-state index is 0.255. The van der Waals surface area contributed by atoms with Crippen LogP contribution in [0.3, 0.4) is 0 Å². The van der Waals surface area contributed by atoms with Crippen molar-refractivity contribution in [1.29, 1.82) is 0 Å². The molecule has 0 amide bonds. The smallest absolute Gasteiger partial charge is 0.0462 e. The van der Waals surface area contributed by atoms with Crippen LogP contribution < -0.4 is 0 Å². The van der Waals surface area contributed by atoms with E-state index in [9.17, 15) is 0 Å². The Hall–Kier alpha value is -0.0800. The summed E-state index contributed by atoms with van der Waals surface area (Å²) in [6.07, 6.45) is 7.25. The van der Waals surface area contributed by atoms with Crippen molar-refractivity contribution in [3.05, 3.63) is 0 Å². The van der Waals surface area contributed by atoms with Gasteiger partial charge in [0.15, 0.2) is 0 Å². The molecule has 2 nitrogen and oxygen atoms in total. The van der Waals surface area contributed by atoms with Crippen molar-refractivity contribution < 1.29 is 10.2 Å². The molecular weight excluding hydrogens is 152 g/mol. The third-order valence-electron chi connectivity index (χ3n) is 3.04. The lowest BCUT2D eigenvalue weighted by atomic mass is 9.83. The van der Waals surface area contributed by atoms with Crippen molar-refractivity contribution in [2.45, 2.75) is 38.5 Å². The summed E-state index contributed by atoms with van der Waals surface area (Å²) in [5.74, 6) is 0.714. The third-order valence-corrected chi connectivity index (χ3v) is 3.04. The van der Waals surface area contributed by atoms with Crippen LogP contribution in [0.4, 0.5) is 0 Å². The van der Waals surface area contributed by atoms with E-state index in [1.54, 1.807) is 0 Å². The van der Waals surface area contributed by atoms with E-state index in [4.69, 9.17) is 10.2 Å². The van der Waals surface area contributed by atoms with E-state index in [1.807, 2.05) is 0 Å². The van der Waals surface area contributed by atoms with E-state index in [2.05, 4.69) is 0 Å². The average Bonchev–Trinajstić information content (AvgIpc) is 2.05. The summed E-state index contributed by atoms with van der Waals surface area (Å²) in [5.41, 5.74) is 0. The second-order valence-corrected chi connectivity index (χ2v) is 3.88. The van der Waals surface area contributed by atoms with E-state index in [-0.39, 0.29) is 13.2 Å². The van der Waals surface area contributed by atoms with Crippen molar-refractivity contribution in [2.24, 2.45) is 11.8 Å². The highest BCUT2D eigenvalue weighted by molar-refractivity contribution is 4.71. The normalized spacial score (nSPS) is 32.5. The summed E-state index contributed by atoms with van der Waals surface area (Å²) < 4.78 is 0. The van der Waals surface area contributed by atoms with Crippen LogP contribution in [0.15, 0.2) is 0 Å². The van der Waals surface area contributed by atoms with Gasteiger partial charge in [-0.3, -0.25) is 0 Å². The Bertz CT molecular complexity index is 100. The Labute approximate surface area is 74.6 Å². The van der Waals surface area contributed by atoms with Crippen LogP contribution >= 0.6 is 0 Å². The van der Waals surface area contributed by atoms with E-state index >= 15 is 0 Å². The number of hydrogen-bond donors (Lipinski definition) is 2. The Morgan fingerprint density at radius 1 is 0.750 bits per heavy atom. The molecule has 72 valence electrons. The number of rotatable bonds is 2. The molecule has 0 aromatic heterocycles. The van der Waals surface area contributed by atoms with E-state index < -0.39 is 0 Å². The Balaban J connectivity index is 2.39. The predicted molar refractivity (Wildman–Crippen MR) is 48.9 cm³/mol. The van der Waals surface area contributed by atoms with Crippen LogP contribution in [0.1, 0.15) is 38.5 Å². The molecule has 0 spiro atoms. The fraction of sp³-hybridized carbons (Fsp3) is 1.00. The SMILES string of the molecule is OC[C@@H]1CCCCCC[C@@H]1CO. The maximum atomic E-state index is 9.10. The second-order valence-electron chi connectivity index (χ2n) is 3.88. The first-order chi connectivity index (χ1) is 5.88. The summed E-state index contributed by atoms with van der Waals surface area (Å²) in [7, 11) is 0. The molecule has 0 bridgehead atoms. The lowest BCUT2D eigenvalue weighted by Crippen LogP contribution is -2.23. The molecule has 0 aromatic carbocycles. The maximum absolute atomic E-state index is 9.10. The highest BCUT2D eigenvalue weighted by atomic mass is 16.3. The molecule has 1 rings (SSSR count). The zero-order valence-corrected chi connectivity index (χ0v) is 7.71.